The van der Waals surface area contributed by atoms with Crippen molar-refractivity contribution in [3.05, 3.63) is 59.1 Å². The zero-order chi connectivity index (χ0) is 22.7. The Bertz CT molecular complexity index is 1290. The highest BCUT2D eigenvalue weighted by Crippen LogP contribution is 2.35. The summed E-state index contributed by atoms with van der Waals surface area (Å²) in [5, 5.41) is 5.60. The molecule has 0 aliphatic rings. The molecule has 0 aliphatic heterocycles. The third-order valence-corrected chi connectivity index (χ3v) is 5.62. The van der Waals surface area contributed by atoms with Crippen molar-refractivity contribution in [3.63, 3.8) is 0 Å². The van der Waals surface area contributed by atoms with Gasteiger partial charge in [0.1, 0.15) is 11.5 Å². The number of aromatic nitrogens is 2. The lowest BCUT2D eigenvalue weighted by molar-refractivity contribution is -0.119. The summed E-state index contributed by atoms with van der Waals surface area (Å²) in [6, 6.07) is 12.8. The van der Waals surface area contributed by atoms with Crippen LogP contribution in [-0.4, -0.2) is 42.7 Å². The van der Waals surface area contributed by atoms with Gasteiger partial charge >= 0.3 is 5.97 Å². The molecular weight excluding hydrogens is 430 g/mol. The Morgan fingerprint density at radius 2 is 1.94 bits per heavy atom. The number of para-hydroxylation sites is 1. The summed E-state index contributed by atoms with van der Waals surface area (Å²) in [7, 11) is 3.15. The highest BCUT2D eigenvalue weighted by Gasteiger charge is 2.19. The minimum atomic E-state index is -0.559. The number of H-pyrrole nitrogens is 1. The average molecular weight is 452 g/mol. The molecule has 0 fully saturated rings. The molecule has 2 aromatic heterocycles. The first-order valence-electron chi connectivity index (χ1n) is 9.72. The van der Waals surface area contributed by atoms with E-state index in [-0.39, 0.29) is 0 Å². The molecule has 0 bridgehead atoms. The van der Waals surface area contributed by atoms with Crippen molar-refractivity contribution in [2.75, 3.05) is 26.1 Å². The molecule has 0 atom stereocenters. The Hall–Kier alpha value is -3.85. The molecule has 32 heavy (non-hydrogen) atoms. The summed E-state index contributed by atoms with van der Waals surface area (Å²) >= 11 is 1.26. The first-order valence-corrected chi connectivity index (χ1v) is 10.6. The molecule has 0 aliphatic carbocycles. The summed E-state index contributed by atoms with van der Waals surface area (Å²) in [6.07, 6.45) is 0. The quantitative estimate of drug-likeness (QED) is 0.404. The van der Waals surface area contributed by atoms with E-state index in [1.807, 2.05) is 30.3 Å². The van der Waals surface area contributed by atoms with Crippen molar-refractivity contribution in [2.45, 2.75) is 6.92 Å². The van der Waals surface area contributed by atoms with Crippen LogP contribution in [0.1, 0.15) is 16.1 Å². The molecule has 1 amide bonds. The Kier molecular flexibility index (Phi) is 6.09. The van der Waals surface area contributed by atoms with Gasteiger partial charge in [-0.3, -0.25) is 10.1 Å². The average Bonchev–Trinajstić information content (AvgIpc) is 3.40. The van der Waals surface area contributed by atoms with Crippen molar-refractivity contribution >= 4 is 39.2 Å². The van der Waals surface area contributed by atoms with Crippen molar-refractivity contribution in [1.82, 2.24) is 9.97 Å². The molecule has 4 rings (SSSR count). The van der Waals surface area contributed by atoms with Gasteiger partial charge in [0.05, 0.1) is 25.5 Å². The number of esters is 1. The van der Waals surface area contributed by atoms with Crippen LogP contribution in [0.2, 0.25) is 0 Å². The SMILES string of the molecule is COc1ccc(OC)c(-c2csc(NC(=O)COC(=O)c3c(C)[nH]c4ccccc34)n2)c1. The van der Waals surface area contributed by atoms with Gasteiger partial charge in [-0.15, -0.1) is 11.3 Å². The molecule has 0 unspecified atom stereocenters. The number of ether oxygens (including phenoxy) is 3. The molecule has 2 N–H and O–H groups in total. The predicted octanol–water partition coefficient (Wildman–Crippen LogP) is 4.41. The topological polar surface area (TPSA) is 103 Å². The summed E-state index contributed by atoms with van der Waals surface area (Å²) in [5.41, 5.74) is 3.32. The number of hydrogen-bond acceptors (Lipinski definition) is 7. The van der Waals surface area contributed by atoms with Gasteiger partial charge in [-0.1, -0.05) is 18.2 Å². The highest BCUT2D eigenvalue weighted by atomic mass is 32.1. The van der Waals surface area contributed by atoms with Gasteiger partial charge in [-0.25, -0.2) is 9.78 Å². The number of rotatable bonds is 7. The Balaban J connectivity index is 1.42. The Labute approximate surface area is 188 Å². The van der Waals surface area contributed by atoms with E-state index in [0.29, 0.717) is 33.6 Å². The van der Waals surface area contributed by atoms with E-state index in [1.54, 1.807) is 38.7 Å². The monoisotopic (exact) mass is 451 g/mol. The van der Waals surface area contributed by atoms with Gasteiger partial charge in [0.2, 0.25) is 0 Å². The number of hydrogen-bond donors (Lipinski definition) is 2. The number of methoxy groups -OCH3 is 2. The van der Waals surface area contributed by atoms with Crippen molar-refractivity contribution < 1.29 is 23.8 Å². The minimum Gasteiger partial charge on any atom is -0.497 e. The lowest BCUT2D eigenvalue weighted by Gasteiger charge is -2.08. The maximum Gasteiger partial charge on any atom is 0.341 e. The minimum absolute atomic E-state index is 0.384. The predicted molar refractivity (Wildman–Crippen MR) is 123 cm³/mol. The van der Waals surface area contributed by atoms with Gasteiger partial charge in [0.15, 0.2) is 11.7 Å². The molecule has 2 heterocycles. The zero-order valence-corrected chi connectivity index (χ0v) is 18.5. The highest BCUT2D eigenvalue weighted by molar-refractivity contribution is 7.14. The van der Waals surface area contributed by atoms with E-state index in [1.165, 1.54) is 11.3 Å². The summed E-state index contributed by atoms with van der Waals surface area (Å²) in [6.45, 7) is 1.37. The lowest BCUT2D eigenvalue weighted by Crippen LogP contribution is -2.21. The largest absolute Gasteiger partial charge is 0.497 e. The number of amides is 1. The molecule has 4 aromatic rings. The fourth-order valence-electron chi connectivity index (χ4n) is 3.37. The molecule has 9 heteroatoms. The first-order chi connectivity index (χ1) is 15.5. The van der Waals surface area contributed by atoms with Crippen LogP contribution < -0.4 is 14.8 Å². The van der Waals surface area contributed by atoms with E-state index in [0.717, 1.165) is 16.5 Å². The molecule has 0 spiro atoms. The fourth-order valence-corrected chi connectivity index (χ4v) is 4.09. The van der Waals surface area contributed by atoms with E-state index >= 15 is 0 Å². The molecule has 0 saturated carbocycles. The number of thiazole rings is 1. The number of aromatic amines is 1. The molecule has 2 aromatic carbocycles. The van der Waals surface area contributed by atoms with E-state index < -0.39 is 18.5 Å². The normalized spacial score (nSPS) is 10.7. The fraction of sp³-hybridized carbons (Fsp3) is 0.174. The number of anilines is 1. The number of benzene rings is 2. The van der Waals surface area contributed by atoms with Crippen LogP contribution in [0.3, 0.4) is 0 Å². The lowest BCUT2D eigenvalue weighted by atomic mass is 10.1. The van der Waals surface area contributed by atoms with Crippen LogP contribution in [0.25, 0.3) is 22.2 Å². The number of carbonyl (C=O) groups excluding carboxylic acids is 2. The second kappa shape index (κ2) is 9.11. The van der Waals surface area contributed by atoms with Gasteiger partial charge in [-0.05, 0) is 31.2 Å². The molecular formula is C23H21N3O5S. The number of fused-ring (bicyclic) bond motifs is 1. The van der Waals surface area contributed by atoms with Gasteiger partial charge in [0.25, 0.3) is 5.91 Å². The van der Waals surface area contributed by atoms with Gasteiger partial charge in [-0.2, -0.15) is 0 Å². The third kappa shape index (κ3) is 4.28. The maximum absolute atomic E-state index is 12.6. The van der Waals surface area contributed by atoms with Gasteiger partial charge in [0, 0.05) is 27.5 Å². The van der Waals surface area contributed by atoms with Crippen LogP contribution in [0.4, 0.5) is 5.13 Å². The number of aryl methyl sites for hydroxylation is 1. The molecule has 0 saturated heterocycles. The van der Waals surface area contributed by atoms with Crippen LogP contribution in [0, 0.1) is 6.92 Å². The van der Waals surface area contributed by atoms with Crippen LogP contribution in [0.15, 0.2) is 47.8 Å². The van der Waals surface area contributed by atoms with E-state index in [4.69, 9.17) is 14.2 Å². The van der Waals surface area contributed by atoms with Crippen molar-refractivity contribution in [2.24, 2.45) is 0 Å². The Morgan fingerprint density at radius 3 is 2.72 bits per heavy atom. The van der Waals surface area contributed by atoms with Gasteiger partial charge < -0.3 is 19.2 Å². The van der Waals surface area contributed by atoms with Crippen molar-refractivity contribution in [3.8, 4) is 22.8 Å². The second-order valence-corrected chi connectivity index (χ2v) is 7.76. The summed E-state index contributed by atoms with van der Waals surface area (Å²) < 4.78 is 15.9. The smallest absolute Gasteiger partial charge is 0.341 e. The van der Waals surface area contributed by atoms with Crippen LogP contribution in [-0.2, 0) is 9.53 Å². The van der Waals surface area contributed by atoms with E-state index in [9.17, 15) is 9.59 Å². The second-order valence-electron chi connectivity index (χ2n) is 6.90. The summed E-state index contributed by atoms with van der Waals surface area (Å²) in [4.78, 5) is 32.5. The number of nitrogens with one attached hydrogen (secondary N) is 2. The van der Waals surface area contributed by atoms with Crippen LogP contribution in [0.5, 0.6) is 11.5 Å². The maximum atomic E-state index is 12.6. The number of carbonyl (C=O) groups is 2. The number of nitrogens with zero attached hydrogens (tertiary/aromatic N) is 1. The first kappa shape index (κ1) is 21.4. The Morgan fingerprint density at radius 1 is 1.12 bits per heavy atom. The zero-order valence-electron chi connectivity index (χ0n) is 17.7. The third-order valence-electron chi connectivity index (χ3n) is 4.87. The molecule has 8 nitrogen and oxygen atoms in total. The standard InChI is InChI=1S/C23H21N3O5S/c1-13-21(15-6-4-5-7-17(15)24-13)22(28)31-11-20(27)26-23-25-18(12-32-23)16-10-14(29-2)8-9-19(16)30-3/h4-10,12,24H,11H2,1-3H3,(H,25,26,27). The van der Waals surface area contributed by atoms with Crippen LogP contribution >= 0.6 is 11.3 Å². The molecule has 164 valence electrons. The molecule has 0 radical (unpaired) electrons. The summed E-state index contributed by atoms with van der Waals surface area (Å²) in [5.74, 6) is 0.265. The van der Waals surface area contributed by atoms with E-state index in [2.05, 4.69) is 15.3 Å². The van der Waals surface area contributed by atoms with Crippen molar-refractivity contribution in [1.29, 1.82) is 0 Å².